The van der Waals surface area contributed by atoms with Crippen molar-refractivity contribution in [3.8, 4) is 0 Å². The van der Waals surface area contributed by atoms with Gasteiger partial charge in [-0.1, -0.05) is 120 Å². The molecule has 3 unspecified atom stereocenters. The van der Waals surface area contributed by atoms with Gasteiger partial charge in [0.05, 0.1) is 0 Å². The zero-order chi connectivity index (χ0) is 24.8. The van der Waals surface area contributed by atoms with Crippen LogP contribution in [-0.2, 0) is 14.2 Å². The van der Waals surface area contributed by atoms with Crippen molar-refractivity contribution in [2.75, 3.05) is 0 Å². The number of ether oxygens (including phenoxy) is 3. The van der Waals surface area contributed by atoms with Crippen molar-refractivity contribution in [2.45, 2.75) is 158 Å². The second kappa shape index (κ2) is 17.3. The average Bonchev–Trinajstić information content (AvgIpc) is 2.66. The van der Waals surface area contributed by atoms with Gasteiger partial charge in [0.25, 0.3) is 0 Å². The van der Waals surface area contributed by atoms with E-state index in [9.17, 15) is 0 Å². The van der Waals surface area contributed by atoms with Gasteiger partial charge in [-0.2, -0.15) is 0 Å². The molecule has 1 aliphatic heterocycles. The van der Waals surface area contributed by atoms with Gasteiger partial charge in [0.2, 0.25) is 0 Å². The molecule has 1 heterocycles. The third-order valence-corrected chi connectivity index (χ3v) is 7.13. The monoisotopic (exact) mass is 468 g/mol. The molecular weight excluding hydrogens is 408 g/mol. The highest BCUT2D eigenvalue weighted by atomic mass is 16.9. The van der Waals surface area contributed by atoms with E-state index in [4.69, 9.17) is 14.2 Å². The molecule has 0 bridgehead atoms. The van der Waals surface area contributed by atoms with E-state index in [1.54, 1.807) is 0 Å². The van der Waals surface area contributed by atoms with E-state index in [2.05, 4.69) is 62.3 Å². The lowest BCUT2D eigenvalue weighted by molar-refractivity contribution is -0.390. The molecule has 0 radical (unpaired) electrons. The maximum absolute atomic E-state index is 6.36. The zero-order valence-electron chi connectivity index (χ0n) is 23.9. The van der Waals surface area contributed by atoms with Crippen LogP contribution in [-0.4, -0.2) is 18.9 Å². The summed E-state index contributed by atoms with van der Waals surface area (Å²) >= 11 is 0. The summed E-state index contributed by atoms with van der Waals surface area (Å²) in [6.45, 7) is 21.0. The summed E-state index contributed by atoms with van der Waals surface area (Å²) in [7, 11) is 0. The van der Waals surface area contributed by atoms with Crippen molar-refractivity contribution in [1.82, 2.24) is 0 Å². The van der Waals surface area contributed by atoms with Gasteiger partial charge in [-0.3, -0.25) is 0 Å². The number of rotatable bonds is 18. The molecule has 33 heavy (non-hydrogen) atoms. The van der Waals surface area contributed by atoms with Crippen molar-refractivity contribution in [2.24, 2.45) is 35.5 Å². The molecule has 0 N–H and O–H groups in total. The topological polar surface area (TPSA) is 27.7 Å². The molecule has 1 rings (SSSR count). The van der Waals surface area contributed by atoms with E-state index in [0.29, 0.717) is 17.8 Å². The molecule has 0 aromatic carbocycles. The van der Waals surface area contributed by atoms with Crippen LogP contribution >= 0.6 is 0 Å². The van der Waals surface area contributed by atoms with Gasteiger partial charge in [0.15, 0.2) is 18.9 Å². The summed E-state index contributed by atoms with van der Waals surface area (Å²) in [5.41, 5.74) is 0. The smallest absolute Gasteiger partial charge is 0.164 e. The molecule has 1 aliphatic rings. The first-order chi connectivity index (χ1) is 15.5. The quantitative estimate of drug-likeness (QED) is 0.200. The second-order valence-electron chi connectivity index (χ2n) is 12.7. The van der Waals surface area contributed by atoms with Crippen LogP contribution in [0.1, 0.15) is 139 Å². The normalized spacial score (nSPS) is 24.5. The Hall–Kier alpha value is -0.120. The standard InChI is InChI=1S/C30H60O3/c1-22(2)13-10-16-25(7)19-28-31-29(20-26(8)17-11-14-23(3)4)33-30(32-28)21-27(9)18-12-15-24(5)6/h22-30H,10-21H2,1-9H3. The van der Waals surface area contributed by atoms with Crippen LogP contribution in [0.3, 0.4) is 0 Å². The van der Waals surface area contributed by atoms with Gasteiger partial charge in [0, 0.05) is 19.3 Å². The Balaban J connectivity index is 2.59. The predicted molar refractivity (Wildman–Crippen MR) is 142 cm³/mol. The van der Waals surface area contributed by atoms with Crippen LogP contribution < -0.4 is 0 Å². The largest absolute Gasteiger partial charge is 0.324 e. The molecule has 0 amide bonds. The molecule has 1 fully saturated rings. The number of hydrogen-bond donors (Lipinski definition) is 0. The summed E-state index contributed by atoms with van der Waals surface area (Å²) in [4.78, 5) is 0. The van der Waals surface area contributed by atoms with Crippen LogP contribution in [0.5, 0.6) is 0 Å². The number of hydrogen-bond acceptors (Lipinski definition) is 3. The van der Waals surface area contributed by atoms with Gasteiger partial charge in [-0.05, 0) is 35.5 Å². The Bertz CT molecular complexity index is 389. The minimum Gasteiger partial charge on any atom is -0.324 e. The van der Waals surface area contributed by atoms with E-state index < -0.39 is 0 Å². The first kappa shape index (κ1) is 30.9. The van der Waals surface area contributed by atoms with Crippen LogP contribution in [0.4, 0.5) is 0 Å². The minimum atomic E-state index is -0.117. The van der Waals surface area contributed by atoms with Crippen molar-refractivity contribution < 1.29 is 14.2 Å². The van der Waals surface area contributed by atoms with E-state index >= 15 is 0 Å². The van der Waals surface area contributed by atoms with Gasteiger partial charge >= 0.3 is 0 Å². The van der Waals surface area contributed by atoms with E-state index in [1.165, 1.54) is 57.8 Å². The molecule has 3 heteroatoms. The lowest BCUT2D eigenvalue weighted by Crippen LogP contribution is -2.42. The van der Waals surface area contributed by atoms with Crippen molar-refractivity contribution in [1.29, 1.82) is 0 Å². The van der Waals surface area contributed by atoms with Crippen LogP contribution in [0, 0.1) is 35.5 Å². The Kier molecular flexibility index (Phi) is 16.2. The fourth-order valence-corrected chi connectivity index (χ4v) is 4.90. The zero-order valence-corrected chi connectivity index (χ0v) is 23.9. The summed E-state index contributed by atoms with van der Waals surface area (Å²) in [5.74, 6) is 4.24. The highest BCUT2D eigenvalue weighted by Crippen LogP contribution is 2.31. The summed E-state index contributed by atoms with van der Waals surface area (Å²) in [6.07, 6.45) is 14.2. The van der Waals surface area contributed by atoms with Crippen LogP contribution in [0.15, 0.2) is 0 Å². The Morgan fingerprint density at radius 2 is 0.636 bits per heavy atom. The molecule has 198 valence electrons. The van der Waals surface area contributed by atoms with Gasteiger partial charge in [-0.25, -0.2) is 0 Å². The van der Waals surface area contributed by atoms with E-state index in [0.717, 1.165) is 37.0 Å². The second-order valence-corrected chi connectivity index (χ2v) is 12.7. The fourth-order valence-electron chi connectivity index (χ4n) is 4.90. The highest BCUT2D eigenvalue weighted by molar-refractivity contribution is 4.68. The fraction of sp³-hybridized carbons (Fsp3) is 1.00. The predicted octanol–water partition coefficient (Wildman–Crippen LogP) is 9.59. The summed E-state index contributed by atoms with van der Waals surface area (Å²) in [6, 6.07) is 0. The summed E-state index contributed by atoms with van der Waals surface area (Å²) in [5, 5.41) is 0. The molecule has 0 aliphatic carbocycles. The molecular formula is C30H60O3. The molecule has 0 spiro atoms. The highest BCUT2D eigenvalue weighted by Gasteiger charge is 2.33. The van der Waals surface area contributed by atoms with Crippen LogP contribution in [0.25, 0.3) is 0 Å². The molecule has 0 saturated carbocycles. The third kappa shape index (κ3) is 16.2. The maximum Gasteiger partial charge on any atom is 0.164 e. The van der Waals surface area contributed by atoms with Gasteiger partial charge < -0.3 is 14.2 Å². The third-order valence-electron chi connectivity index (χ3n) is 7.13. The Morgan fingerprint density at radius 3 is 0.848 bits per heavy atom. The SMILES string of the molecule is CC(C)CCCC(C)CC1OC(CC(C)CCCC(C)C)OC(CC(C)CCCC(C)C)O1. The maximum atomic E-state index is 6.36. The first-order valence-corrected chi connectivity index (χ1v) is 14.5. The Labute approximate surface area is 208 Å². The molecule has 1 saturated heterocycles. The first-order valence-electron chi connectivity index (χ1n) is 14.5. The average molecular weight is 469 g/mol. The van der Waals surface area contributed by atoms with E-state index in [1.807, 2.05) is 0 Å². The molecule has 0 aromatic rings. The molecule has 3 atom stereocenters. The lowest BCUT2D eigenvalue weighted by Gasteiger charge is -2.38. The Morgan fingerprint density at radius 1 is 0.394 bits per heavy atom. The van der Waals surface area contributed by atoms with Crippen LogP contribution in [0.2, 0.25) is 0 Å². The summed E-state index contributed by atoms with van der Waals surface area (Å²) < 4.78 is 19.1. The molecule has 0 aromatic heterocycles. The van der Waals surface area contributed by atoms with Gasteiger partial charge in [0.1, 0.15) is 0 Å². The molecule has 3 nitrogen and oxygen atoms in total. The minimum absolute atomic E-state index is 0.117. The van der Waals surface area contributed by atoms with Crippen molar-refractivity contribution in [3.63, 3.8) is 0 Å². The van der Waals surface area contributed by atoms with E-state index in [-0.39, 0.29) is 18.9 Å². The lowest BCUT2D eigenvalue weighted by atomic mass is 9.95. The van der Waals surface area contributed by atoms with Gasteiger partial charge in [-0.15, -0.1) is 0 Å². The van der Waals surface area contributed by atoms with Crippen molar-refractivity contribution in [3.05, 3.63) is 0 Å². The van der Waals surface area contributed by atoms with Crippen molar-refractivity contribution >= 4 is 0 Å².